The van der Waals surface area contributed by atoms with Crippen molar-refractivity contribution in [1.82, 2.24) is 5.32 Å². The predicted octanol–water partition coefficient (Wildman–Crippen LogP) is 1.20. The first-order chi connectivity index (χ1) is 4.79. The minimum Gasteiger partial charge on any atom is -0.316 e. The highest BCUT2D eigenvalue weighted by Gasteiger charge is 2.14. The summed E-state index contributed by atoms with van der Waals surface area (Å²) in [6, 6.07) is 0. The predicted molar refractivity (Wildman–Crippen MR) is 40.4 cm³/mol. The van der Waals surface area contributed by atoms with Crippen LogP contribution in [0.25, 0.3) is 0 Å². The first-order valence-electron chi connectivity index (χ1n) is 4.15. The summed E-state index contributed by atoms with van der Waals surface area (Å²) in [6.07, 6.45) is 2.98. The lowest BCUT2D eigenvalue weighted by Crippen LogP contribution is -2.31. The van der Waals surface area contributed by atoms with E-state index in [1.807, 2.05) is 0 Å². The number of piperidine rings is 1. The van der Waals surface area contributed by atoms with Gasteiger partial charge >= 0.3 is 0 Å². The molecule has 1 aliphatic rings. The van der Waals surface area contributed by atoms with Crippen molar-refractivity contribution in [3.63, 3.8) is 0 Å². The first-order valence-corrected chi connectivity index (χ1v) is 4.15. The third-order valence-corrected chi connectivity index (χ3v) is 2.06. The van der Waals surface area contributed by atoms with Crippen LogP contribution >= 0.6 is 0 Å². The standard InChI is InChI=1S/C8H16NO/c1-7(10)5-8-3-2-4-9-6-8/h7-9H,2-6H2,1H3. The fourth-order valence-electron chi connectivity index (χ4n) is 1.59. The summed E-state index contributed by atoms with van der Waals surface area (Å²) in [5, 5.41) is 14.1. The fraction of sp³-hybridized carbons (Fsp3) is 1.00. The van der Waals surface area contributed by atoms with Gasteiger partial charge in [0.15, 0.2) is 0 Å². The Morgan fingerprint density at radius 2 is 2.50 bits per heavy atom. The van der Waals surface area contributed by atoms with Crippen LogP contribution in [0.5, 0.6) is 0 Å². The van der Waals surface area contributed by atoms with Crippen LogP contribution in [0.2, 0.25) is 0 Å². The molecule has 0 saturated carbocycles. The monoisotopic (exact) mass is 142 g/mol. The first kappa shape index (κ1) is 8.02. The fourth-order valence-corrected chi connectivity index (χ4v) is 1.59. The highest BCUT2D eigenvalue weighted by atomic mass is 16.3. The van der Waals surface area contributed by atoms with Crippen molar-refractivity contribution in [2.24, 2.45) is 5.92 Å². The van der Waals surface area contributed by atoms with Crippen molar-refractivity contribution >= 4 is 0 Å². The second-order valence-corrected chi connectivity index (χ2v) is 3.26. The van der Waals surface area contributed by atoms with Crippen LogP contribution in [-0.4, -0.2) is 19.2 Å². The molecule has 1 aliphatic heterocycles. The molecular formula is C8H16NO. The van der Waals surface area contributed by atoms with Gasteiger partial charge in [0.1, 0.15) is 0 Å². The van der Waals surface area contributed by atoms with E-state index in [-0.39, 0.29) is 6.10 Å². The van der Waals surface area contributed by atoms with Crippen LogP contribution < -0.4 is 5.32 Å². The Balaban J connectivity index is 2.13. The molecule has 2 atom stereocenters. The van der Waals surface area contributed by atoms with E-state index >= 15 is 0 Å². The summed E-state index contributed by atoms with van der Waals surface area (Å²) in [5.74, 6) is 0.654. The smallest absolute Gasteiger partial charge is 0.0905 e. The van der Waals surface area contributed by atoms with Crippen molar-refractivity contribution in [3.8, 4) is 0 Å². The van der Waals surface area contributed by atoms with Crippen LogP contribution in [0, 0.1) is 5.92 Å². The van der Waals surface area contributed by atoms with Gasteiger partial charge in [0.25, 0.3) is 0 Å². The zero-order valence-corrected chi connectivity index (χ0v) is 6.60. The Morgan fingerprint density at radius 3 is 3.00 bits per heavy atom. The lowest BCUT2D eigenvalue weighted by molar-refractivity contribution is 0.0771. The van der Waals surface area contributed by atoms with E-state index in [1.54, 1.807) is 6.92 Å². The lowest BCUT2D eigenvalue weighted by atomic mass is 9.94. The summed E-state index contributed by atoms with van der Waals surface area (Å²) in [5.41, 5.74) is 0. The molecule has 1 fully saturated rings. The minimum absolute atomic E-state index is 0.370. The van der Waals surface area contributed by atoms with Gasteiger partial charge in [0.05, 0.1) is 6.10 Å². The molecule has 59 valence electrons. The zero-order chi connectivity index (χ0) is 7.40. The average molecular weight is 142 g/mol. The lowest BCUT2D eigenvalue weighted by Gasteiger charge is -2.22. The van der Waals surface area contributed by atoms with Gasteiger partial charge in [0.2, 0.25) is 0 Å². The van der Waals surface area contributed by atoms with Crippen LogP contribution in [0.4, 0.5) is 0 Å². The Bertz CT molecular complexity index is 87.3. The van der Waals surface area contributed by atoms with Crippen molar-refractivity contribution in [1.29, 1.82) is 0 Å². The molecule has 1 radical (unpaired) electrons. The molecule has 2 nitrogen and oxygen atoms in total. The molecule has 0 aliphatic carbocycles. The maximum atomic E-state index is 10.8. The number of hydrogen-bond donors (Lipinski definition) is 1. The van der Waals surface area contributed by atoms with Crippen molar-refractivity contribution < 1.29 is 5.11 Å². The van der Waals surface area contributed by atoms with Gasteiger partial charge in [0, 0.05) is 0 Å². The Morgan fingerprint density at radius 1 is 1.70 bits per heavy atom. The molecule has 0 amide bonds. The number of rotatable bonds is 2. The average Bonchev–Trinajstić information content (AvgIpc) is 1.88. The second kappa shape index (κ2) is 3.94. The molecule has 1 saturated heterocycles. The van der Waals surface area contributed by atoms with Crippen LogP contribution in [0.1, 0.15) is 26.2 Å². The molecule has 2 heteroatoms. The van der Waals surface area contributed by atoms with Crippen molar-refractivity contribution in [3.05, 3.63) is 0 Å². The maximum Gasteiger partial charge on any atom is 0.0905 e. The molecule has 2 unspecified atom stereocenters. The minimum atomic E-state index is -0.370. The van der Waals surface area contributed by atoms with E-state index in [0.717, 1.165) is 19.5 Å². The van der Waals surface area contributed by atoms with Crippen LogP contribution in [0.3, 0.4) is 0 Å². The van der Waals surface area contributed by atoms with Gasteiger partial charge in [-0.3, -0.25) is 0 Å². The Kier molecular flexibility index (Phi) is 3.16. The van der Waals surface area contributed by atoms with E-state index in [0.29, 0.717) is 5.92 Å². The maximum absolute atomic E-state index is 10.8. The highest BCUT2D eigenvalue weighted by molar-refractivity contribution is 4.70. The summed E-state index contributed by atoms with van der Waals surface area (Å²) < 4.78 is 0. The molecule has 0 aromatic heterocycles. The van der Waals surface area contributed by atoms with Gasteiger partial charge in [-0.1, -0.05) is 0 Å². The molecule has 0 aromatic carbocycles. The summed E-state index contributed by atoms with van der Waals surface area (Å²) in [4.78, 5) is 0. The van der Waals surface area contributed by atoms with Gasteiger partial charge in [-0.25, -0.2) is 5.11 Å². The molecule has 10 heavy (non-hydrogen) atoms. The summed E-state index contributed by atoms with van der Waals surface area (Å²) in [6.45, 7) is 3.96. The Hall–Kier alpha value is -0.0800. The topological polar surface area (TPSA) is 31.9 Å². The molecule has 1 heterocycles. The van der Waals surface area contributed by atoms with E-state index in [1.165, 1.54) is 12.8 Å². The number of nitrogens with one attached hydrogen (secondary N) is 1. The molecule has 1 N–H and O–H groups in total. The van der Waals surface area contributed by atoms with Crippen molar-refractivity contribution in [2.75, 3.05) is 13.1 Å². The van der Waals surface area contributed by atoms with E-state index in [2.05, 4.69) is 5.32 Å². The SMILES string of the molecule is CC([O])CC1CCCNC1. The Labute approximate surface area is 62.6 Å². The highest BCUT2D eigenvalue weighted by Crippen LogP contribution is 2.15. The molecule has 0 bridgehead atoms. The third-order valence-electron chi connectivity index (χ3n) is 2.06. The van der Waals surface area contributed by atoms with Gasteiger partial charge in [-0.05, 0) is 45.2 Å². The van der Waals surface area contributed by atoms with E-state index in [4.69, 9.17) is 0 Å². The summed E-state index contributed by atoms with van der Waals surface area (Å²) in [7, 11) is 0. The number of hydrogen-bond acceptors (Lipinski definition) is 1. The van der Waals surface area contributed by atoms with Gasteiger partial charge in [-0.15, -0.1) is 0 Å². The quantitative estimate of drug-likeness (QED) is 0.617. The third kappa shape index (κ3) is 2.67. The van der Waals surface area contributed by atoms with E-state index in [9.17, 15) is 5.11 Å². The normalized spacial score (nSPS) is 30.0. The summed E-state index contributed by atoms with van der Waals surface area (Å²) >= 11 is 0. The largest absolute Gasteiger partial charge is 0.316 e. The molecule has 0 spiro atoms. The molecule has 1 rings (SSSR count). The van der Waals surface area contributed by atoms with Crippen LogP contribution in [0.15, 0.2) is 0 Å². The zero-order valence-electron chi connectivity index (χ0n) is 6.60. The molecule has 0 aromatic rings. The van der Waals surface area contributed by atoms with Crippen molar-refractivity contribution in [2.45, 2.75) is 32.3 Å². The van der Waals surface area contributed by atoms with Gasteiger partial charge < -0.3 is 5.32 Å². The van der Waals surface area contributed by atoms with Crippen LogP contribution in [-0.2, 0) is 5.11 Å². The second-order valence-electron chi connectivity index (χ2n) is 3.26. The van der Waals surface area contributed by atoms with E-state index < -0.39 is 0 Å². The van der Waals surface area contributed by atoms with Gasteiger partial charge in [-0.2, -0.15) is 0 Å². The molecular weight excluding hydrogens is 126 g/mol.